The number of aliphatic hydroxyl groups is 1. The maximum atomic E-state index is 9.69. The smallest absolute Gasteiger partial charge is 0.194 e. The Hall–Kier alpha value is -1.82. The quantitative estimate of drug-likeness (QED) is 0.614. The molecule has 0 aliphatic carbocycles. The average molecular weight is 319 g/mol. The third-order valence-corrected chi connectivity index (χ3v) is 4.11. The van der Waals surface area contributed by atoms with Crippen LogP contribution in [0.25, 0.3) is 0 Å². The van der Waals surface area contributed by atoms with Crippen LogP contribution in [0.3, 0.4) is 0 Å². The van der Waals surface area contributed by atoms with Crippen LogP contribution in [0, 0.1) is 0 Å². The topological polar surface area (TPSA) is 64.0 Å². The van der Waals surface area contributed by atoms with Crippen molar-refractivity contribution in [3.8, 4) is 0 Å². The Morgan fingerprint density at radius 2 is 2.17 bits per heavy atom. The Bertz CT molecular complexity index is 498. The number of guanidine groups is 1. The lowest BCUT2D eigenvalue weighted by Crippen LogP contribution is -2.40. The van der Waals surface area contributed by atoms with E-state index in [2.05, 4.69) is 58.0 Å². The minimum Gasteiger partial charge on any atom is -0.391 e. The van der Waals surface area contributed by atoms with E-state index in [1.807, 2.05) is 6.20 Å². The van der Waals surface area contributed by atoms with Gasteiger partial charge in [0.15, 0.2) is 5.96 Å². The van der Waals surface area contributed by atoms with Gasteiger partial charge >= 0.3 is 0 Å². The van der Waals surface area contributed by atoms with E-state index < -0.39 is 0 Å². The number of hydrogen-bond acceptors (Lipinski definition) is 4. The van der Waals surface area contributed by atoms with Crippen LogP contribution in [-0.4, -0.2) is 59.8 Å². The fourth-order valence-electron chi connectivity index (χ4n) is 2.77. The van der Waals surface area contributed by atoms with Gasteiger partial charge in [-0.05, 0) is 38.8 Å². The summed E-state index contributed by atoms with van der Waals surface area (Å²) < 4.78 is 0. The second-order valence-electron chi connectivity index (χ2n) is 5.76. The van der Waals surface area contributed by atoms with E-state index in [-0.39, 0.29) is 6.10 Å². The van der Waals surface area contributed by atoms with Crippen LogP contribution < -0.4 is 10.2 Å². The van der Waals surface area contributed by atoms with Gasteiger partial charge in [-0.3, -0.25) is 0 Å². The average Bonchev–Trinajstić information content (AvgIpc) is 3.00. The summed E-state index contributed by atoms with van der Waals surface area (Å²) in [5.41, 5.74) is 1.09. The molecule has 1 aromatic rings. The largest absolute Gasteiger partial charge is 0.391 e. The normalized spacial score (nSPS) is 18.3. The molecule has 0 bridgehead atoms. The van der Waals surface area contributed by atoms with E-state index in [1.165, 1.54) is 0 Å². The summed E-state index contributed by atoms with van der Waals surface area (Å²) in [5.74, 6) is 1.88. The van der Waals surface area contributed by atoms with Crippen molar-refractivity contribution in [1.82, 2.24) is 15.2 Å². The number of anilines is 1. The molecule has 2 heterocycles. The Morgan fingerprint density at radius 1 is 1.39 bits per heavy atom. The molecule has 0 amide bonds. The molecule has 0 unspecified atom stereocenters. The van der Waals surface area contributed by atoms with Gasteiger partial charge in [0.2, 0.25) is 0 Å². The monoisotopic (exact) mass is 319 g/mol. The summed E-state index contributed by atoms with van der Waals surface area (Å²) in [4.78, 5) is 13.6. The number of aliphatic imine (C=N–C) groups is 1. The number of aromatic nitrogens is 1. The Labute approximate surface area is 139 Å². The van der Waals surface area contributed by atoms with Crippen LogP contribution in [0.4, 0.5) is 5.82 Å². The van der Waals surface area contributed by atoms with Crippen molar-refractivity contribution in [1.29, 1.82) is 0 Å². The maximum Gasteiger partial charge on any atom is 0.194 e. The fraction of sp³-hybridized carbons (Fsp3) is 0.647. The lowest BCUT2D eigenvalue weighted by molar-refractivity contribution is 0.188. The molecule has 2 N–H and O–H groups in total. The molecule has 1 fully saturated rings. The van der Waals surface area contributed by atoms with Crippen molar-refractivity contribution in [2.75, 3.05) is 37.6 Å². The Kier molecular flexibility index (Phi) is 6.65. The molecule has 1 aliphatic heterocycles. The molecule has 1 aromatic heterocycles. The molecule has 0 aromatic carbocycles. The van der Waals surface area contributed by atoms with E-state index in [9.17, 15) is 5.11 Å². The summed E-state index contributed by atoms with van der Waals surface area (Å²) in [7, 11) is 0. The number of rotatable bonds is 6. The standard InChI is InChI=1S/C17H29N5O/c1-4-18-17(22-10-9-15(23)13-22)20-12-14-7-8-16(19-11-14)21(5-2)6-3/h7-8,11,15,23H,4-6,9-10,12-13H2,1-3H3,(H,18,20)/t15-/m1/s1. The third kappa shape index (κ3) is 4.82. The minimum atomic E-state index is -0.242. The highest BCUT2D eigenvalue weighted by atomic mass is 16.3. The molecule has 1 saturated heterocycles. The molecule has 1 atom stereocenters. The van der Waals surface area contributed by atoms with Crippen molar-refractivity contribution in [2.24, 2.45) is 4.99 Å². The van der Waals surface area contributed by atoms with Gasteiger partial charge in [-0.1, -0.05) is 6.07 Å². The summed E-state index contributed by atoms with van der Waals surface area (Å²) in [6, 6.07) is 4.15. The predicted molar refractivity (Wildman–Crippen MR) is 94.8 cm³/mol. The van der Waals surface area contributed by atoms with Crippen LogP contribution in [0.1, 0.15) is 32.8 Å². The van der Waals surface area contributed by atoms with Crippen molar-refractivity contribution < 1.29 is 5.11 Å². The number of likely N-dealkylation sites (tertiary alicyclic amines) is 1. The number of aliphatic hydroxyl groups excluding tert-OH is 1. The highest BCUT2D eigenvalue weighted by molar-refractivity contribution is 5.80. The van der Waals surface area contributed by atoms with Gasteiger partial charge in [0.25, 0.3) is 0 Å². The molecule has 23 heavy (non-hydrogen) atoms. The lowest BCUT2D eigenvalue weighted by atomic mass is 10.3. The van der Waals surface area contributed by atoms with Crippen LogP contribution in [0.2, 0.25) is 0 Å². The number of pyridine rings is 1. The molecule has 0 radical (unpaired) electrons. The summed E-state index contributed by atoms with van der Waals surface area (Å²) in [5, 5.41) is 13.0. The predicted octanol–water partition coefficient (Wildman–Crippen LogP) is 1.46. The first-order valence-corrected chi connectivity index (χ1v) is 8.59. The SMILES string of the molecule is CCNC(=NCc1ccc(N(CC)CC)nc1)N1CC[C@@H](O)C1. The highest BCUT2D eigenvalue weighted by Gasteiger charge is 2.22. The first-order valence-electron chi connectivity index (χ1n) is 8.59. The lowest BCUT2D eigenvalue weighted by Gasteiger charge is -2.21. The highest BCUT2D eigenvalue weighted by Crippen LogP contribution is 2.13. The van der Waals surface area contributed by atoms with Gasteiger partial charge in [-0.25, -0.2) is 9.98 Å². The molecule has 6 heteroatoms. The molecule has 2 rings (SSSR count). The molecule has 0 saturated carbocycles. The molecule has 1 aliphatic rings. The van der Waals surface area contributed by atoms with Gasteiger partial charge < -0.3 is 20.2 Å². The molecular formula is C17H29N5O. The Morgan fingerprint density at radius 3 is 2.70 bits per heavy atom. The van der Waals surface area contributed by atoms with Crippen LogP contribution >= 0.6 is 0 Å². The van der Waals surface area contributed by atoms with Crippen molar-refractivity contribution >= 4 is 11.8 Å². The summed E-state index contributed by atoms with van der Waals surface area (Å²) in [6.07, 6.45) is 2.47. The number of hydrogen-bond donors (Lipinski definition) is 2. The second kappa shape index (κ2) is 8.72. The summed E-state index contributed by atoms with van der Waals surface area (Å²) >= 11 is 0. The van der Waals surface area contributed by atoms with Gasteiger partial charge in [0, 0.05) is 38.9 Å². The second-order valence-corrected chi connectivity index (χ2v) is 5.76. The van der Waals surface area contributed by atoms with Crippen LogP contribution in [0.15, 0.2) is 23.3 Å². The molecule has 128 valence electrons. The van der Waals surface area contributed by atoms with Crippen LogP contribution in [-0.2, 0) is 6.54 Å². The number of β-amino-alcohol motifs (C(OH)–C–C–N with tert-alkyl or cyclic N) is 1. The molecule has 6 nitrogen and oxygen atoms in total. The van der Waals surface area contributed by atoms with Gasteiger partial charge in [-0.15, -0.1) is 0 Å². The van der Waals surface area contributed by atoms with Crippen molar-refractivity contribution in [3.05, 3.63) is 23.9 Å². The summed E-state index contributed by atoms with van der Waals surface area (Å²) in [6.45, 7) is 11.2. The van der Waals surface area contributed by atoms with Crippen molar-refractivity contribution in [2.45, 2.75) is 39.8 Å². The molecular weight excluding hydrogens is 290 g/mol. The Balaban J connectivity index is 2.01. The first kappa shape index (κ1) is 17.5. The number of nitrogens with one attached hydrogen (secondary N) is 1. The molecule has 0 spiro atoms. The zero-order valence-corrected chi connectivity index (χ0v) is 14.5. The number of nitrogens with zero attached hydrogens (tertiary/aromatic N) is 4. The van der Waals surface area contributed by atoms with Gasteiger partial charge in [0.05, 0.1) is 12.6 Å². The van der Waals surface area contributed by atoms with E-state index in [0.717, 1.165) is 49.9 Å². The van der Waals surface area contributed by atoms with E-state index in [0.29, 0.717) is 13.1 Å². The van der Waals surface area contributed by atoms with Gasteiger partial charge in [-0.2, -0.15) is 0 Å². The third-order valence-electron chi connectivity index (χ3n) is 4.11. The van der Waals surface area contributed by atoms with Crippen LogP contribution in [0.5, 0.6) is 0 Å². The van der Waals surface area contributed by atoms with E-state index >= 15 is 0 Å². The minimum absolute atomic E-state index is 0.242. The van der Waals surface area contributed by atoms with E-state index in [4.69, 9.17) is 0 Å². The fourth-order valence-corrected chi connectivity index (χ4v) is 2.77. The van der Waals surface area contributed by atoms with Crippen molar-refractivity contribution in [3.63, 3.8) is 0 Å². The van der Waals surface area contributed by atoms with E-state index in [1.54, 1.807) is 0 Å². The first-order chi connectivity index (χ1) is 11.2. The maximum absolute atomic E-state index is 9.69. The van der Waals surface area contributed by atoms with Gasteiger partial charge in [0.1, 0.15) is 5.82 Å². The zero-order chi connectivity index (χ0) is 16.7. The zero-order valence-electron chi connectivity index (χ0n) is 14.5.